The number of carbonyl (C=O) groups is 1. The van der Waals surface area contributed by atoms with Gasteiger partial charge in [0.1, 0.15) is 0 Å². The molecule has 0 bridgehead atoms. The normalized spacial score (nSPS) is 15.8. The highest BCUT2D eigenvalue weighted by atomic mass is 19.4. The van der Waals surface area contributed by atoms with E-state index in [1.54, 1.807) is 0 Å². The Hall–Kier alpha value is -1.33. The van der Waals surface area contributed by atoms with Crippen molar-refractivity contribution in [2.75, 3.05) is 0 Å². The van der Waals surface area contributed by atoms with Crippen LogP contribution in [0.5, 0.6) is 0 Å². The van der Waals surface area contributed by atoms with Crippen LogP contribution in [0.2, 0.25) is 0 Å². The van der Waals surface area contributed by atoms with Gasteiger partial charge in [-0.3, -0.25) is 9.48 Å². The Morgan fingerprint density at radius 1 is 1.35 bits per heavy atom. The van der Waals surface area contributed by atoms with Crippen molar-refractivity contribution in [2.24, 2.45) is 0 Å². The van der Waals surface area contributed by atoms with Crippen LogP contribution in [0.4, 0.5) is 13.2 Å². The minimum Gasteiger partial charge on any atom is -0.298 e. The zero-order valence-electron chi connectivity index (χ0n) is 9.47. The van der Waals surface area contributed by atoms with Crippen LogP contribution in [0, 0.1) is 0 Å². The maximum atomic E-state index is 12.8. The third-order valence-electron chi connectivity index (χ3n) is 2.90. The molecule has 17 heavy (non-hydrogen) atoms. The largest absolute Gasteiger partial charge is 0.435 e. The number of halogens is 3. The Balaban J connectivity index is 2.47. The Morgan fingerprint density at radius 3 is 2.59 bits per heavy atom. The first-order valence-electron chi connectivity index (χ1n) is 5.55. The third kappa shape index (κ3) is 2.35. The minimum atomic E-state index is -4.43. The van der Waals surface area contributed by atoms with Gasteiger partial charge in [-0.25, -0.2) is 0 Å². The number of rotatable bonds is 2. The summed E-state index contributed by atoms with van der Waals surface area (Å²) in [5.74, 6) is -0.186. The van der Waals surface area contributed by atoms with E-state index in [4.69, 9.17) is 0 Å². The maximum Gasteiger partial charge on any atom is 0.435 e. The van der Waals surface area contributed by atoms with Crippen molar-refractivity contribution >= 4 is 5.78 Å². The van der Waals surface area contributed by atoms with Gasteiger partial charge in [-0.15, -0.1) is 0 Å². The summed E-state index contributed by atoms with van der Waals surface area (Å²) in [6.45, 7) is 1.28. The summed E-state index contributed by atoms with van der Waals surface area (Å²) in [6.07, 6.45) is -1.84. The predicted molar refractivity (Wildman–Crippen MR) is 54.6 cm³/mol. The molecular formula is C11H13F3N2O. The van der Waals surface area contributed by atoms with Crippen LogP contribution < -0.4 is 0 Å². The molecule has 0 saturated heterocycles. The number of nitrogens with zero attached hydrogens (tertiary/aromatic N) is 2. The lowest BCUT2D eigenvalue weighted by Gasteiger charge is -2.14. The van der Waals surface area contributed by atoms with Gasteiger partial charge >= 0.3 is 6.18 Å². The van der Waals surface area contributed by atoms with Crippen LogP contribution in [0.15, 0.2) is 0 Å². The van der Waals surface area contributed by atoms with E-state index in [1.807, 2.05) is 0 Å². The van der Waals surface area contributed by atoms with E-state index in [0.29, 0.717) is 18.5 Å². The molecule has 6 heteroatoms. The second-order valence-electron chi connectivity index (χ2n) is 4.34. The standard InChI is InChI=1S/C11H13F3N2O/c1-7(17)6-16-9-5-3-2-4-8(9)10(15-16)11(12,13)14/h2-6H2,1H3. The lowest BCUT2D eigenvalue weighted by atomic mass is 9.95. The van der Waals surface area contributed by atoms with E-state index in [-0.39, 0.29) is 17.9 Å². The fourth-order valence-corrected chi connectivity index (χ4v) is 2.24. The number of Topliss-reactive ketones (excluding diaryl/α,β-unsaturated/α-hetero) is 1. The lowest BCUT2D eigenvalue weighted by molar-refractivity contribution is -0.142. The molecule has 0 N–H and O–H groups in total. The van der Waals surface area contributed by atoms with Crippen molar-refractivity contribution in [3.63, 3.8) is 0 Å². The average molecular weight is 246 g/mol. The number of hydrogen-bond donors (Lipinski definition) is 0. The van der Waals surface area contributed by atoms with E-state index in [9.17, 15) is 18.0 Å². The first-order chi connectivity index (χ1) is 7.89. The smallest absolute Gasteiger partial charge is 0.298 e. The van der Waals surface area contributed by atoms with Gasteiger partial charge in [0.15, 0.2) is 11.5 Å². The molecule has 0 fully saturated rings. The molecule has 1 aromatic rings. The highest BCUT2D eigenvalue weighted by molar-refractivity contribution is 5.75. The molecule has 0 amide bonds. The molecule has 1 aliphatic carbocycles. The van der Waals surface area contributed by atoms with Gasteiger partial charge in [0, 0.05) is 11.3 Å². The molecule has 0 aromatic carbocycles. The first-order valence-corrected chi connectivity index (χ1v) is 5.55. The van der Waals surface area contributed by atoms with Gasteiger partial charge in [0.05, 0.1) is 6.54 Å². The molecule has 0 spiro atoms. The fraction of sp³-hybridized carbons (Fsp3) is 0.636. The lowest BCUT2D eigenvalue weighted by Crippen LogP contribution is -2.13. The van der Waals surface area contributed by atoms with Gasteiger partial charge in [-0.2, -0.15) is 18.3 Å². The molecule has 0 unspecified atom stereocenters. The number of fused-ring (bicyclic) bond motifs is 1. The molecule has 0 aliphatic heterocycles. The minimum absolute atomic E-state index is 0.0710. The molecule has 0 atom stereocenters. The van der Waals surface area contributed by atoms with Crippen LogP contribution in [-0.2, 0) is 30.4 Å². The van der Waals surface area contributed by atoms with Gasteiger partial charge < -0.3 is 0 Å². The molecule has 1 aliphatic rings. The first kappa shape index (κ1) is 12.1. The van der Waals surface area contributed by atoms with Gasteiger partial charge in [-0.05, 0) is 32.6 Å². The Bertz CT molecular complexity index is 448. The molecule has 1 aromatic heterocycles. The third-order valence-corrected chi connectivity index (χ3v) is 2.90. The molecule has 1 heterocycles. The van der Waals surface area contributed by atoms with E-state index in [1.165, 1.54) is 11.6 Å². The average Bonchev–Trinajstić information content (AvgIpc) is 2.56. The summed E-state index contributed by atoms with van der Waals surface area (Å²) in [5, 5.41) is 3.57. The van der Waals surface area contributed by atoms with Crippen molar-refractivity contribution < 1.29 is 18.0 Å². The van der Waals surface area contributed by atoms with E-state index >= 15 is 0 Å². The number of aromatic nitrogens is 2. The van der Waals surface area contributed by atoms with Crippen molar-refractivity contribution in [1.82, 2.24) is 9.78 Å². The summed E-state index contributed by atoms with van der Waals surface area (Å²) in [7, 11) is 0. The number of carbonyl (C=O) groups excluding carboxylic acids is 1. The Morgan fingerprint density at radius 2 is 2.00 bits per heavy atom. The summed E-state index contributed by atoms with van der Waals surface area (Å²) >= 11 is 0. The van der Waals surface area contributed by atoms with Gasteiger partial charge in [-0.1, -0.05) is 0 Å². The van der Waals surface area contributed by atoms with Crippen LogP contribution in [0.3, 0.4) is 0 Å². The van der Waals surface area contributed by atoms with Crippen molar-refractivity contribution in [1.29, 1.82) is 0 Å². The summed E-state index contributed by atoms with van der Waals surface area (Å²) in [6, 6.07) is 0. The second kappa shape index (κ2) is 4.16. The van der Waals surface area contributed by atoms with E-state index in [0.717, 1.165) is 12.8 Å². The maximum absolute atomic E-state index is 12.8. The van der Waals surface area contributed by atoms with Crippen molar-refractivity contribution in [2.45, 2.75) is 45.3 Å². The van der Waals surface area contributed by atoms with Crippen molar-refractivity contribution in [3.05, 3.63) is 17.0 Å². The molecule has 94 valence electrons. The van der Waals surface area contributed by atoms with E-state index < -0.39 is 11.9 Å². The van der Waals surface area contributed by atoms with Gasteiger partial charge in [0.2, 0.25) is 0 Å². The zero-order chi connectivity index (χ0) is 12.6. The summed E-state index contributed by atoms with van der Waals surface area (Å²) < 4.78 is 39.5. The molecule has 0 radical (unpaired) electrons. The van der Waals surface area contributed by atoms with Crippen LogP contribution >= 0.6 is 0 Å². The topological polar surface area (TPSA) is 34.9 Å². The predicted octanol–water partition coefficient (Wildman–Crippen LogP) is 2.37. The van der Waals surface area contributed by atoms with E-state index in [2.05, 4.69) is 5.10 Å². The van der Waals surface area contributed by atoms with Crippen LogP contribution in [-0.4, -0.2) is 15.6 Å². The van der Waals surface area contributed by atoms with Crippen LogP contribution in [0.25, 0.3) is 0 Å². The number of hydrogen-bond acceptors (Lipinski definition) is 2. The Kier molecular flexibility index (Phi) is 2.97. The highest BCUT2D eigenvalue weighted by Gasteiger charge is 2.39. The number of ketones is 1. The second-order valence-corrected chi connectivity index (χ2v) is 4.34. The van der Waals surface area contributed by atoms with Gasteiger partial charge in [0.25, 0.3) is 0 Å². The number of alkyl halides is 3. The Labute approximate surface area is 96.6 Å². The molecule has 2 rings (SSSR count). The highest BCUT2D eigenvalue weighted by Crippen LogP contribution is 2.35. The summed E-state index contributed by atoms with van der Waals surface area (Å²) in [4.78, 5) is 11.0. The van der Waals surface area contributed by atoms with Crippen molar-refractivity contribution in [3.8, 4) is 0 Å². The fourth-order valence-electron chi connectivity index (χ4n) is 2.24. The molecule has 3 nitrogen and oxygen atoms in total. The molecular weight excluding hydrogens is 233 g/mol. The molecule has 0 saturated carbocycles. The SMILES string of the molecule is CC(=O)Cn1nc(C(F)(F)F)c2c1CCCC2. The van der Waals surface area contributed by atoms with Crippen LogP contribution in [0.1, 0.15) is 36.7 Å². The quantitative estimate of drug-likeness (QED) is 0.803. The zero-order valence-corrected chi connectivity index (χ0v) is 9.47. The monoisotopic (exact) mass is 246 g/mol. The summed E-state index contributed by atoms with van der Waals surface area (Å²) in [5.41, 5.74) is 0.0530.